The number of nitrogens with one attached hydrogen (secondary N) is 1. The van der Waals surface area contributed by atoms with Crippen molar-refractivity contribution in [2.75, 3.05) is 26.6 Å². The first-order chi connectivity index (χ1) is 14.2. The molecule has 0 spiro atoms. The van der Waals surface area contributed by atoms with Crippen LogP contribution in [-0.2, 0) is 12.8 Å². The summed E-state index contributed by atoms with van der Waals surface area (Å²) in [5.74, 6) is 2.19. The minimum atomic E-state index is 0.509. The maximum atomic E-state index is 5.42. The largest absolute Gasteiger partial charge is 0.493 e. The molecule has 0 saturated carbocycles. The maximum absolute atomic E-state index is 5.42. The number of rotatable bonds is 6. The van der Waals surface area contributed by atoms with Crippen LogP contribution in [0.4, 0.5) is 11.6 Å². The van der Waals surface area contributed by atoms with Gasteiger partial charge in [-0.05, 0) is 48.9 Å². The quantitative estimate of drug-likeness (QED) is 0.652. The molecule has 1 aromatic heterocycles. The first-order valence-electron chi connectivity index (χ1n) is 9.74. The van der Waals surface area contributed by atoms with E-state index in [1.54, 1.807) is 27.5 Å². The minimum Gasteiger partial charge on any atom is -0.493 e. The molecule has 1 aliphatic rings. The molecule has 2 aromatic carbocycles. The van der Waals surface area contributed by atoms with Gasteiger partial charge >= 0.3 is 0 Å². The van der Waals surface area contributed by atoms with Crippen molar-refractivity contribution in [2.45, 2.75) is 25.7 Å². The van der Waals surface area contributed by atoms with E-state index < -0.39 is 0 Å². The number of nitrogens with zero attached hydrogens (tertiary/aromatic N) is 2. The van der Waals surface area contributed by atoms with Crippen molar-refractivity contribution in [3.63, 3.8) is 0 Å². The van der Waals surface area contributed by atoms with Gasteiger partial charge in [0.05, 0.1) is 27.0 Å². The van der Waals surface area contributed by atoms with Crippen LogP contribution in [0.15, 0.2) is 42.6 Å². The van der Waals surface area contributed by atoms with Gasteiger partial charge in [-0.25, -0.2) is 9.97 Å². The summed E-state index contributed by atoms with van der Waals surface area (Å²) in [6.07, 6.45) is 6.62. The van der Waals surface area contributed by atoms with Crippen molar-refractivity contribution < 1.29 is 14.2 Å². The molecular formula is C23H25N3O3. The number of ether oxygens (including phenoxy) is 3. The van der Waals surface area contributed by atoms with E-state index in [1.165, 1.54) is 30.4 Å². The van der Waals surface area contributed by atoms with Crippen LogP contribution in [0.3, 0.4) is 0 Å². The Morgan fingerprint density at radius 2 is 1.55 bits per heavy atom. The number of anilines is 2. The lowest BCUT2D eigenvalue weighted by Crippen LogP contribution is -2.03. The predicted molar refractivity (Wildman–Crippen MR) is 113 cm³/mol. The average molecular weight is 391 g/mol. The maximum Gasteiger partial charge on any atom is 0.227 e. The van der Waals surface area contributed by atoms with Crippen molar-refractivity contribution in [1.82, 2.24) is 9.97 Å². The van der Waals surface area contributed by atoms with E-state index in [1.807, 2.05) is 18.2 Å². The Bertz CT molecular complexity index is 995. The summed E-state index contributed by atoms with van der Waals surface area (Å²) in [5.41, 5.74) is 5.66. The van der Waals surface area contributed by atoms with Crippen LogP contribution in [0.2, 0.25) is 0 Å². The van der Waals surface area contributed by atoms with Gasteiger partial charge in [0, 0.05) is 29.6 Å². The summed E-state index contributed by atoms with van der Waals surface area (Å²) in [7, 11) is 4.77. The molecule has 3 aromatic rings. The van der Waals surface area contributed by atoms with Gasteiger partial charge in [-0.15, -0.1) is 0 Å². The fourth-order valence-electron chi connectivity index (χ4n) is 3.75. The fourth-order valence-corrected chi connectivity index (χ4v) is 3.75. The lowest BCUT2D eigenvalue weighted by Gasteiger charge is -2.17. The van der Waals surface area contributed by atoms with Crippen molar-refractivity contribution in [3.05, 3.63) is 53.7 Å². The SMILES string of the molecule is COc1cc(Nc2nccc(-c3ccc4c(c3)CCCC4)n2)cc(OC)c1OC. The fraction of sp³-hybridized carbons (Fsp3) is 0.304. The summed E-state index contributed by atoms with van der Waals surface area (Å²) in [6, 6.07) is 12.2. The molecule has 0 unspecified atom stereocenters. The second-order valence-electron chi connectivity index (χ2n) is 7.00. The second-order valence-corrected chi connectivity index (χ2v) is 7.00. The molecule has 29 heavy (non-hydrogen) atoms. The van der Waals surface area contributed by atoms with Crippen LogP contribution in [0.25, 0.3) is 11.3 Å². The molecular weight excluding hydrogens is 366 g/mol. The van der Waals surface area contributed by atoms with E-state index in [-0.39, 0.29) is 0 Å². The van der Waals surface area contributed by atoms with Gasteiger partial charge in [0.1, 0.15) is 0 Å². The van der Waals surface area contributed by atoms with Gasteiger partial charge in [-0.3, -0.25) is 0 Å². The molecule has 4 rings (SSSR count). The van der Waals surface area contributed by atoms with E-state index in [4.69, 9.17) is 19.2 Å². The summed E-state index contributed by atoms with van der Waals surface area (Å²) < 4.78 is 16.2. The van der Waals surface area contributed by atoms with Gasteiger partial charge in [0.2, 0.25) is 11.7 Å². The summed E-state index contributed by atoms with van der Waals surface area (Å²) in [5, 5.41) is 3.24. The van der Waals surface area contributed by atoms with Gasteiger partial charge in [-0.2, -0.15) is 0 Å². The van der Waals surface area contributed by atoms with E-state index in [2.05, 4.69) is 28.5 Å². The van der Waals surface area contributed by atoms with Gasteiger partial charge in [0.25, 0.3) is 0 Å². The summed E-state index contributed by atoms with van der Waals surface area (Å²) >= 11 is 0. The molecule has 6 nitrogen and oxygen atoms in total. The third-order valence-electron chi connectivity index (χ3n) is 5.22. The Hall–Kier alpha value is -3.28. The van der Waals surface area contributed by atoms with E-state index in [0.717, 1.165) is 23.4 Å². The number of fused-ring (bicyclic) bond motifs is 1. The van der Waals surface area contributed by atoms with Gasteiger partial charge < -0.3 is 19.5 Å². The number of benzene rings is 2. The molecule has 0 bridgehead atoms. The number of aryl methyl sites for hydroxylation is 2. The highest BCUT2D eigenvalue weighted by molar-refractivity contribution is 5.67. The van der Waals surface area contributed by atoms with Crippen molar-refractivity contribution in [1.29, 1.82) is 0 Å². The number of hydrogen-bond donors (Lipinski definition) is 1. The number of hydrogen-bond acceptors (Lipinski definition) is 6. The molecule has 1 heterocycles. The lowest BCUT2D eigenvalue weighted by atomic mass is 9.90. The highest BCUT2D eigenvalue weighted by Gasteiger charge is 2.15. The Morgan fingerprint density at radius 3 is 2.24 bits per heavy atom. The normalized spacial score (nSPS) is 12.8. The molecule has 0 atom stereocenters. The van der Waals surface area contributed by atoms with Crippen LogP contribution in [0.1, 0.15) is 24.0 Å². The highest BCUT2D eigenvalue weighted by atomic mass is 16.5. The van der Waals surface area contributed by atoms with Gasteiger partial charge in [0.15, 0.2) is 11.5 Å². The first-order valence-corrected chi connectivity index (χ1v) is 9.74. The molecule has 0 saturated heterocycles. The van der Waals surface area contributed by atoms with Crippen LogP contribution >= 0.6 is 0 Å². The van der Waals surface area contributed by atoms with Crippen LogP contribution < -0.4 is 19.5 Å². The Kier molecular flexibility index (Phi) is 5.51. The number of aromatic nitrogens is 2. The highest BCUT2D eigenvalue weighted by Crippen LogP contribution is 2.40. The summed E-state index contributed by atoms with van der Waals surface area (Å²) in [6.45, 7) is 0. The lowest BCUT2D eigenvalue weighted by molar-refractivity contribution is 0.324. The Labute approximate surface area is 170 Å². The molecule has 0 amide bonds. The molecule has 1 N–H and O–H groups in total. The zero-order valence-electron chi connectivity index (χ0n) is 17.0. The van der Waals surface area contributed by atoms with E-state index >= 15 is 0 Å². The molecule has 0 radical (unpaired) electrons. The van der Waals surface area contributed by atoms with E-state index in [9.17, 15) is 0 Å². The molecule has 6 heteroatoms. The van der Waals surface area contributed by atoms with Gasteiger partial charge in [-0.1, -0.05) is 12.1 Å². The van der Waals surface area contributed by atoms with Crippen molar-refractivity contribution in [3.8, 4) is 28.5 Å². The van der Waals surface area contributed by atoms with E-state index in [0.29, 0.717) is 23.2 Å². The topological polar surface area (TPSA) is 65.5 Å². The Morgan fingerprint density at radius 1 is 0.828 bits per heavy atom. The smallest absolute Gasteiger partial charge is 0.227 e. The minimum absolute atomic E-state index is 0.509. The monoisotopic (exact) mass is 391 g/mol. The van der Waals surface area contributed by atoms with Crippen molar-refractivity contribution in [2.24, 2.45) is 0 Å². The van der Waals surface area contributed by atoms with Crippen LogP contribution in [-0.4, -0.2) is 31.3 Å². The third-order valence-corrected chi connectivity index (χ3v) is 5.22. The number of methoxy groups -OCH3 is 3. The molecule has 0 aliphatic heterocycles. The van der Waals surface area contributed by atoms with Crippen molar-refractivity contribution >= 4 is 11.6 Å². The zero-order valence-corrected chi connectivity index (χ0v) is 17.0. The average Bonchev–Trinajstić information content (AvgIpc) is 2.78. The first kappa shape index (κ1) is 19.1. The summed E-state index contributed by atoms with van der Waals surface area (Å²) in [4.78, 5) is 9.07. The van der Waals surface area contributed by atoms with Crippen LogP contribution in [0, 0.1) is 0 Å². The third kappa shape index (κ3) is 3.97. The van der Waals surface area contributed by atoms with Crippen LogP contribution in [0.5, 0.6) is 17.2 Å². The standard InChI is InChI=1S/C23H25N3O3/c1-27-20-13-18(14-21(28-2)22(20)29-3)25-23-24-11-10-19(26-23)17-9-8-15-6-4-5-7-16(15)12-17/h8-14H,4-7H2,1-3H3,(H,24,25,26). The predicted octanol–water partition coefficient (Wildman–Crippen LogP) is 4.79. The Balaban J connectivity index is 1.63. The second kappa shape index (κ2) is 8.39. The molecule has 150 valence electrons. The molecule has 1 aliphatic carbocycles. The molecule has 0 fully saturated rings. The zero-order chi connectivity index (χ0) is 20.2.